The zero-order valence-corrected chi connectivity index (χ0v) is 14.2. The minimum atomic E-state index is -0.127. The molecule has 1 aliphatic heterocycles. The molecule has 2 heterocycles. The van der Waals surface area contributed by atoms with Crippen molar-refractivity contribution in [2.75, 3.05) is 23.8 Å². The van der Waals surface area contributed by atoms with Gasteiger partial charge in [0, 0.05) is 36.1 Å². The molecule has 6 heteroatoms. The lowest BCUT2D eigenvalue weighted by atomic mass is 10.1. The van der Waals surface area contributed by atoms with E-state index in [-0.39, 0.29) is 5.91 Å². The Morgan fingerprint density at radius 1 is 1.20 bits per heavy atom. The van der Waals surface area contributed by atoms with Crippen LogP contribution in [0.25, 0.3) is 11.4 Å². The van der Waals surface area contributed by atoms with Gasteiger partial charge >= 0.3 is 0 Å². The van der Waals surface area contributed by atoms with Gasteiger partial charge in [0.1, 0.15) is 5.82 Å². The largest absolute Gasteiger partial charge is 0.374 e. The van der Waals surface area contributed by atoms with Crippen LogP contribution in [0.2, 0.25) is 0 Å². The monoisotopic (exact) mass is 333 g/mol. The number of fused-ring (bicyclic) bond motifs is 1. The molecule has 3 aromatic rings. The van der Waals surface area contributed by atoms with E-state index in [2.05, 4.69) is 38.5 Å². The van der Waals surface area contributed by atoms with E-state index in [9.17, 15) is 4.79 Å². The number of nitrogens with zero attached hydrogens (tertiary/aromatic N) is 3. The number of aryl methyl sites for hydroxylation is 1. The minimum Gasteiger partial charge on any atom is -0.374 e. The molecular weight excluding hydrogens is 314 g/mol. The molecule has 0 aliphatic carbocycles. The lowest BCUT2D eigenvalue weighted by Gasteiger charge is -2.13. The fourth-order valence-corrected chi connectivity index (χ4v) is 3.06. The summed E-state index contributed by atoms with van der Waals surface area (Å²) in [7, 11) is 2.07. The van der Waals surface area contributed by atoms with Crippen LogP contribution in [0.1, 0.15) is 21.7 Å². The predicted molar refractivity (Wildman–Crippen MR) is 97.9 cm³/mol. The number of hydrogen-bond acceptors (Lipinski definition) is 4. The van der Waals surface area contributed by atoms with Crippen LogP contribution in [0.3, 0.4) is 0 Å². The van der Waals surface area contributed by atoms with E-state index >= 15 is 0 Å². The number of nitrogens with one attached hydrogen (secondary N) is 2. The maximum absolute atomic E-state index is 12.5. The van der Waals surface area contributed by atoms with Crippen molar-refractivity contribution < 1.29 is 4.79 Å². The molecular formula is C19H19N5O. The van der Waals surface area contributed by atoms with Gasteiger partial charge in [-0.15, -0.1) is 0 Å². The number of likely N-dealkylation sites (N-methyl/N-ethyl adjacent to an activating group) is 1. The molecule has 0 fully saturated rings. The second-order valence-electron chi connectivity index (χ2n) is 6.29. The zero-order valence-electron chi connectivity index (χ0n) is 14.2. The molecule has 0 bridgehead atoms. The molecule has 0 saturated carbocycles. The second kappa shape index (κ2) is 6.05. The normalized spacial score (nSPS) is 13.0. The Morgan fingerprint density at radius 2 is 2.00 bits per heavy atom. The average molecular weight is 333 g/mol. The molecule has 0 unspecified atom stereocenters. The number of benzene rings is 2. The van der Waals surface area contributed by atoms with E-state index in [1.165, 1.54) is 11.3 Å². The van der Waals surface area contributed by atoms with E-state index in [4.69, 9.17) is 0 Å². The van der Waals surface area contributed by atoms with Crippen LogP contribution in [0.5, 0.6) is 0 Å². The number of carbonyl (C=O) groups is 1. The molecule has 2 N–H and O–H groups in total. The molecule has 6 nitrogen and oxygen atoms in total. The standard InChI is InChI=1S/C19H19N5O/c1-12-20-18(23-22-12)14-3-5-15(6-4-14)19(25)21-16-8-7-13-9-10-24(2)17(13)11-16/h3-8,11H,9-10H2,1-2H3,(H,21,25)(H,20,22,23). The summed E-state index contributed by atoms with van der Waals surface area (Å²) < 4.78 is 0. The maximum atomic E-state index is 12.5. The highest BCUT2D eigenvalue weighted by molar-refractivity contribution is 6.04. The van der Waals surface area contributed by atoms with Gasteiger partial charge in [0.15, 0.2) is 5.82 Å². The van der Waals surface area contributed by atoms with Gasteiger partial charge in [0.05, 0.1) is 0 Å². The van der Waals surface area contributed by atoms with Gasteiger partial charge in [-0.1, -0.05) is 18.2 Å². The zero-order chi connectivity index (χ0) is 17.4. The van der Waals surface area contributed by atoms with E-state index < -0.39 is 0 Å². The van der Waals surface area contributed by atoms with Crippen molar-refractivity contribution in [3.8, 4) is 11.4 Å². The summed E-state index contributed by atoms with van der Waals surface area (Å²) in [5.74, 6) is 1.27. The third kappa shape index (κ3) is 2.98. The summed E-state index contributed by atoms with van der Waals surface area (Å²) in [5.41, 5.74) is 4.80. The van der Waals surface area contributed by atoms with E-state index in [1.807, 2.05) is 31.2 Å². The van der Waals surface area contributed by atoms with Crippen molar-refractivity contribution >= 4 is 17.3 Å². The van der Waals surface area contributed by atoms with Gasteiger partial charge < -0.3 is 10.2 Å². The molecule has 1 amide bonds. The number of aromatic amines is 1. The van der Waals surface area contributed by atoms with Gasteiger partial charge in [-0.25, -0.2) is 4.98 Å². The molecule has 0 spiro atoms. The molecule has 1 aromatic heterocycles. The van der Waals surface area contributed by atoms with Crippen LogP contribution in [-0.4, -0.2) is 34.7 Å². The van der Waals surface area contributed by atoms with Crippen LogP contribution in [-0.2, 0) is 6.42 Å². The highest BCUT2D eigenvalue weighted by Gasteiger charge is 2.16. The van der Waals surface area contributed by atoms with Gasteiger partial charge in [0.25, 0.3) is 5.91 Å². The van der Waals surface area contributed by atoms with Crippen molar-refractivity contribution in [2.24, 2.45) is 0 Å². The first-order chi connectivity index (χ1) is 12.1. The Kier molecular flexibility index (Phi) is 3.72. The molecule has 0 radical (unpaired) electrons. The molecule has 0 saturated heterocycles. The number of rotatable bonds is 3. The van der Waals surface area contributed by atoms with E-state index in [1.54, 1.807) is 12.1 Å². The summed E-state index contributed by atoms with van der Waals surface area (Å²) in [4.78, 5) is 19.0. The van der Waals surface area contributed by atoms with Gasteiger partial charge in [-0.2, -0.15) is 5.10 Å². The summed E-state index contributed by atoms with van der Waals surface area (Å²) >= 11 is 0. The van der Waals surface area contributed by atoms with Crippen LogP contribution in [0.15, 0.2) is 42.5 Å². The molecule has 25 heavy (non-hydrogen) atoms. The molecule has 126 valence electrons. The number of anilines is 2. The van der Waals surface area contributed by atoms with Gasteiger partial charge in [0.2, 0.25) is 0 Å². The van der Waals surface area contributed by atoms with Crippen molar-refractivity contribution in [1.29, 1.82) is 0 Å². The Bertz CT molecular complexity index is 929. The minimum absolute atomic E-state index is 0.127. The van der Waals surface area contributed by atoms with E-state index in [0.29, 0.717) is 11.4 Å². The van der Waals surface area contributed by atoms with Gasteiger partial charge in [-0.3, -0.25) is 9.89 Å². The summed E-state index contributed by atoms with van der Waals surface area (Å²) in [6, 6.07) is 13.4. The van der Waals surface area contributed by atoms with Crippen molar-refractivity contribution in [3.63, 3.8) is 0 Å². The third-order valence-electron chi connectivity index (χ3n) is 4.47. The highest BCUT2D eigenvalue weighted by atomic mass is 16.1. The predicted octanol–water partition coefficient (Wildman–Crippen LogP) is 3.02. The van der Waals surface area contributed by atoms with Crippen LogP contribution < -0.4 is 10.2 Å². The fraction of sp³-hybridized carbons (Fsp3) is 0.211. The molecule has 4 rings (SSSR count). The highest BCUT2D eigenvalue weighted by Crippen LogP contribution is 2.29. The lowest BCUT2D eigenvalue weighted by molar-refractivity contribution is 0.102. The number of aromatic nitrogens is 3. The third-order valence-corrected chi connectivity index (χ3v) is 4.47. The molecule has 1 aliphatic rings. The first-order valence-electron chi connectivity index (χ1n) is 8.25. The Morgan fingerprint density at radius 3 is 2.72 bits per heavy atom. The average Bonchev–Trinajstić information content (AvgIpc) is 3.21. The number of hydrogen-bond donors (Lipinski definition) is 2. The summed E-state index contributed by atoms with van der Waals surface area (Å²) in [6.45, 7) is 2.88. The summed E-state index contributed by atoms with van der Waals surface area (Å²) in [5, 5.41) is 9.91. The fourth-order valence-electron chi connectivity index (χ4n) is 3.06. The quantitative estimate of drug-likeness (QED) is 0.773. The van der Waals surface area contributed by atoms with Crippen molar-refractivity contribution in [2.45, 2.75) is 13.3 Å². The molecule has 0 atom stereocenters. The first-order valence-corrected chi connectivity index (χ1v) is 8.25. The van der Waals surface area contributed by atoms with E-state index in [0.717, 1.165) is 30.0 Å². The molecule has 2 aromatic carbocycles. The maximum Gasteiger partial charge on any atom is 0.255 e. The summed E-state index contributed by atoms with van der Waals surface area (Å²) in [6.07, 6.45) is 1.06. The van der Waals surface area contributed by atoms with Crippen molar-refractivity contribution in [1.82, 2.24) is 15.2 Å². The SMILES string of the molecule is Cc1nc(-c2ccc(C(=O)Nc3ccc4c(c3)N(C)CC4)cc2)n[nH]1. The van der Waals surface area contributed by atoms with Crippen LogP contribution >= 0.6 is 0 Å². The van der Waals surface area contributed by atoms with Crippen molar-refractivity contribution in [3.05, 3.63) is 59.4 Å². The first kappa shape index (κ1) is 15.4. The smallest absolute Gasteiger partial charge is 0.255 e. The second-order valence-corrected chi connectivity index (χ2v) is 6.29. The number of H-pyrrole nitrogens is 1. The Hall–Kier alpha value is -3.15. The van der Waals surface area contributed by atoms with Crippen LogP contribution in [0, 0.1) is 6.92 Å². The Balaban J connectivity index is 1.51. The topological polar surface area (TPSA) is 73.9 Å². The Labute approximate surface area is 145 Å². The number of amides is 1. The van der Waals surface area contributed by atoms with Crippen LogP contribution in [0.4, 0.5) is 11.4 Å². The number of carbonyl (C=O) groups excluding carboxylic acids is 1. The lowest BCUT2D eigenvalue weighted by Crippen LogP contribution is -2.14. The van der Waals surface area contributed by atoms with Gasteiger partial charge in [-0.05, 0) is 43.2 Å².